The molecule has 0 atom stereocenters. The standard InChI is InChI=1S/C6H16NO.C2N3/c1-5-8-6-7(2,3)4;3-1-5-2-4/h5-6H2,1-4H3;/q+1;-1. The van der Waals surface area contributed by atoms with Gasteiger partial charge >= 0.3 is 0 Å². The molecule has 0 bridgehead atoms. The summed E-state index contributed by atoms with van der Waals surface area (Å²) in [5.74, 6) is 0. The van der Waals surface area contributed by atoms with Crippen molar-refractivity contribution in [1.82, 2.24) is 0 Å². The van der Waals surface area contributed by atoms with Crippen LogP contribution in [0, 0.1) is 11.5 Å². The Morgan fingerprint density at radius 1 is 1.46 bits per heavy atom. The van der Waals surface area contributed by atoms with Crippen molar-refractivity contribution >= 4 is 6.01 Å². The fourth-order valence-corrected chi connectivity index (χ4v) is 0.388. The monoisotopic (exact) mass is 184 g/mol. The van der Waals surface area contributed by atoms with Gasteiger partial charge in [-0.15, -0.1) is 6.01 Å². The maximum Gasteiger partial charge on any atom is 0.182 e. The lowest BCUT2D eigenvalue weighted by Crippen LogP contribution is -2.36. The van der Waals surface area contributed by atoms with Crippen LogP contribution < -0.4 is 0 Å². The lowest BCUT2D eigenvalue weighted by molar-refractivity contribution is -0.890. The molecule has 0 radical (unpaired) electrons. The summed E-state index contributed by atoms with van der Waals surface area (Å²) in [7, 11) is 6.32. The second-order valence-electron chi connectivity index (χ2n) is 3.22. The van der Waals surface area contributed by atoms with Crippen molar-refractivity contribution in [2.24, 2.45) is 4.99 Å². The van der Waals surface area contributed by atoms with Gasteiger partial charge in [-0.1, -0.05) is 0 Å². The number of aliphatic imine (C=N–C) groups is 1. The fraction of sp³-hybridized carbons (Fsp3) is 0.750. The molecule has 0 rings (SSSR count). The topological polar surface area (TPSA) is 67.7 Å². The number of nitrogens with zero attached hydrogens (tertiary/aromatic N) is 4. The zero-order valence-corrected chi connectivity index (χ0v) is 8.61. The number of ether oxygens (including phenoxy) is 1. The van der Waals surface area contributed by atoms with Crippen LogP contribution in [0.15, 0.2) is 4.99 Å². The normalized spacial score (nSPS) is 8.85. The second-order valence-corrected chi connectivity index (χ2v) is 3.22. The molecule has 0 fully saturated rings. The minimum Gasteiger partial charge on any atom is -0.422 e. The molecule has 0 spiro atoms. The average molecular weight is 184 g/mol. The van der Waals surface area contributed by atoms with Crippen LogP contribution in [0.3, 0.4) is 0 Å². The van der Waals surface area contributed by atoms with Crippen molar-refractivity contribution in [3.8, 4) is 6.19 Å². The SMILES string of the molecule is CCOC[N+](C)(C)C.N#CN=C=[N-]. The third kappa shape index (κ3) is 24.9. The molecule has 0 unspecified atom stereocenters. The lowest BCUT2D eigenvalue weighted by Gasteiger charge is -2.22. The third-order valence-corrected chi connectivity index (χ3v) is 0.783. The van der Waals surface area contributed by atoms with E-state index >= 15 is 0 Å². The minimum absolute atomic E-state index is 0.802. The van der Waals surface area contributed by atoms with E-state index < -0.39 is 0 Å². The van der Waals surface area contributed by atoms with Gasteiger partial charge in [-0.3, -0.25) is 0 Å². The van der Waals surface area contributed by atoms with Crippen LogP contribution in [-0.2, 0) is 4.74 Å². The summed E-state index contributed by atoms with van der Waals surface area (Å²) in [5.41, 5.74) is 0. The Hall–Kier alpha value is -1.21. The van der Waals surface area contributed by atoms with E-state index in [4.69, 9.17) is 15.4 Å². The largest absolute Gasteiger partial charge is 0.422 e. The summed E-state index contributed by atoms with van der Waals surface area (Å²) < 4.78 is 6.05. The smallest absolute Gasteiger partial charge is 0.182 e. The fourth-order valence-electron chi connectivity index (χ4n) is 0.388. The number of hydrogen-bond donors (Lipinski definition) is 0. The molecule has 0 N–H and O–H groups in total. The number of nitriles is 1. The van der Waals surface area contributed by atoms with Crippen molar-refractivity contribution < 1.29 is 9.22 Å². The van der Waals surface area contributed by atoms with Crippen LogP contribution in [0.25, 0.3) is 5.41 Å². The Labute approximate surface area is 79.4 Å². The van der Waals surface area contributed by atoms with Crippen LogP contribution in [0.4, 0.5) is 0 Å². The Morgan fingerprint density at radius 2 is 2.00 bits per heavy atom. The Balaban J connectivity index is 0. The molecular weight excluding hydrogens is 168 g/mol. The highest BCUT2D eigenvalue weighted by molar-refractivity contribution is 5.46. The van der Waals surface area contributed by atoms with Crippen LogP contribution in [0.5, 0.6) is 0 Å². The van der Waals surface area contributed by atoms with E-state index in [9.17, 15) is 0 Å². The van der Waals surface area contributed by atoms with Gasteiger partial charge < -0.3 is 19.6 Å². The summed E-state index contributed by atoms with van der Waals surface area (Å²) >= 11 is 0. The molecule has 0 saturated carbocycles. The Morgan fingerprint density at radius 3 is 2.08 bits per heavy atom. The number of rotatable bonds is 3. The predicted molar refractivity (Wildman–Crippen MR) is 50.9 cm³/mol. The molecule has 0 saturated heterocycles. The zero-order chi connectivity index (χ0) is 10.7. The van der Waals surface area contributed by atoms with Gasteiger partial charge in [-0.25, -0.2) is 0 Å². The zero-order valence-electron chi connectivity index (χ0n) is 8.61. The van der Waals surface area contributed by atoms with Gasteiger partial charge in [0.05, 0.1) is 27.3 Å². The molecular formula is C8H16N4O. The molecule has 0 aromatic rings. The second kappa shape index (κ2) is 8.88. The highest BCUT2D eigenvalue weighted by atomic mass is 16.5. The summed E-state index contributed by atoms with van der Waals surface area (Å²) in [6.07, 6.45) is 1.28. The van der Waals surface area contributed by atoms with Crippen molar-refractivity contribution in [2.75, 3.05) is 34.5 Å². The lowest BCUT2D eigenvalue weighted by atomic mass is 10.7. The van der Waals surface area contributed by atoms with Gasteiger partial charge in [0.2, 0.25) is 0 Å². The first-order valence-electron chi connectivity index (χ1n) is 3.84. The average Bonchev–Trinajstić information content (AvgIpc) is 2.02. The molecule has 0 aliphatic carbocycles. The van der Waals surface area contributed by atoms with E-state index in [1.807, 2.05) is 6.92 Å². The highest BCUT2D eigenvalue weighted by Crippen LogP contribution is 1.88. The van der Waals surface area contributed by atoms with Crippen molar-refractivity contribution in [3.63, 3.8) is 0 Å². The highest BCUT2D eigenvalue weighted by Gasteiger charge is 2.03. The predicted octanol–water partition coefficient (Wildman–Crippen LogP) is 0.897. The third-order valence-electron chi connectivity index (χ3n) is 0.783. The molecule has 0 aromatic carbocycles. The first kappa shape index (κ1) is 14.3. The maximum absolute atomic E-state index is 7.43. The maximum atomic E-state index is 7.43. The van der Waals surface area contributed by atoms with E-state index in [2.05, 4.69) is 26.1 Å². The van der Waals surface area contributed by atoms with E-state index in [1.54, 1.807) is 0 Å². The quantitative estimate of drug-likeness (QED) is 0.283. The molecule has 13 heavy (non-hydrogen) atoms. The van der Waals surface area contributed by atoms with E-state index in [0.29, 0.717) is 0 Å². The molecule has 5 heteroatoms. The summed E-state index contributed by atoms with van der Waals surface area (Å²) in [4.78, 5) is 2.58. The van der Waals surface area contributed by atoms with Gasteiger partial charge in [0, 0.05) is 6.61 Å². The molecule has 74 valence electrons. The van der Waals surface area contributed by atoms with Crippen LogP contribution >= 0.6 is 0 Å². The van der Waals surface area contributed by atoms with Crippen molar-refractivity contribution in [1.29, 1.82) is 5.26 Å². The van der Waals surface area contributed by atoms with Gasteiger partial charge in [-0.05, 0) is 6.92 Å². The van der Waals surface area contributed by atoms with Crippen LogP contribution in [0.1, 0.15) is 6.92 Å². The van der Waals surface area contributed by atoms with Gasteiger partial charge in [-0.2, -0.15) is 5.26 Å². The van der Waals surface area contributed by atoms with E-state index in [-0.39, 0.29) is 0 Å². The first-order valence-corrected chi connectivity index (χ1v) is 3.84. The van der Waals surface area contributed by atoms with E-state index in [0.717, 1.165) is 17.8 Å². The van der Waals surface area contributed by atoms with Crippen molar-refractivity contribution in [2.45, 2.75) is 6.92 Å². The number of hydrogen-bond acceptors (Lipinski definition) is 3. The molecule has 5 nitrogen and oxygen atoms in total. The van der Waals surface area contributed by atoms with Gasteiger partial charge in [0.15, 0.2) is 6.73 Å². The first-order chi connectivity index (χ1) is 5.97. The number of quaternary nitrogens is 1. The summed E-state index contributed by atoms with van der Waals surface area (Å²) in [6, 6.07) is 1.28. The Bertz CT molecular complexity index is 195. The molecule has 0 amide bonds. The van der Waals surface area contributed by atoms with Crippen molar-refractivity contribution in [3.05, 3.63) is 5.41 Å². The molecule has 0 heterocycles. The van der Waals surface area contributed by atoms with Gasteiger partial charge in [0.25, 0.3) is 0 Å². The summed E-state index contributed by atoms with van der Waals surface area (Å²) in [6.45, 7) is 3.63. The Kier molecular flexibility index (Phi) is 9.79. The molecule has 0 aliphatic heterocycles. The molecule has 0 aliphatic rings. The van der Waals surface area contributed by atoms with Gasteiger partial charge in [0.1, 0.15) is 0 Å². The van der Waals surface area contributed by atoms with E-state index in [1.165, 1.54) is 12.2 Å². The van der Waals surface area contributed by atoms with Crippen LogP contribution in [0.2, 0.25) is 0 Å². The minimum atomic E-state index is 0.802. The summed E-state index contributed by atoms with van der Waals surface area (Å²) in [5, 5.41) is 14.9. The van der Waals surface area contributed by atoms with Crippen LogP contribution in [-0.4, -0.2) is 45.0 Å². The molecule has 0 aromatic heterocycles.